The molecule has 0 saturated carbocycles. The topological polar surface area (TPSA) is 53.6 Å². The number of morpholine rings is 1. The van der Waals surface area contributed by atoms with Crippen LogP contribution in [0.1, 0.15) is 18.0 Å². The maximum atomic E-state index is 12.0. The van der Waals surface area contributed by atoms with Gasteiger partial charge in [0.15, 0.2) is 0 Å². The molecule has 2 rings (SSSR count). The lowest BCUT2D eigenvalue weighted by Crippen LogP contribution is -2.45. The molecule has 1 aliphatic rings. The standard InChI is InChI=1S/C16H25N3O2.2ClH/c1-19(2)15(13-6-4-3-5-7-13)11-18-16(20)10-14-12-21-9-8-17-14;;/h3-7,14-15,17H,8-12H2,1-2H3,(H,18,20);2*1H. The van der Waals surface area contributed by atoms with Gasteiger partial charge in [-0.3, -0.25) is 4.79 Å². The van der Waals surface area contributed by atoms with Crippen LogP contribution in [0.3, 0.4) is 0 Å². The highest BCUT2D eigenvalue weighted by atomic mass is 35.5. The summed E-state index contributed by atoms with van der Waals surface area (Å²) in [5, 5.41) is 6.33. The normalized spacial score (nSPS) is 18.5. The van der Waals surface area contributed by atoms with Crippen LogP contribution in [0.15, 0.2) is 30.3 Å². The minimum absolute atomic E-state index is 0. The molecule has 2 atom stereocenters. The van der Waals surface area contributed by atoms with Gasteiger partial charge < -0.3 is 20.3 Å². The molecule has 1 aromatic rings. The van der Waals surface area contributed by atoms with E-state index in [1.165, 1.54) is 5.56 Å². The van der Waals surface area contributed by atoms with Gasteiger partial charge in [0, 0.05) is 25.6 Å². The molecule has 1 fully saturated rings. The summed E-state index contributed by atoms with van der Waals surface area (Å²) in [6.07, 6.45) is 0.467. The minimum Gasteiger partial charge on any atom is -0.378 e. The fourth-order valence-electron chi connectivity index (χ4n) is 2.53. The van der Waals surface area contributed by atoms with E-state index in [-0.39, 0.29) is 42.8 Å². The summed E-state index contributed by atoms with van der Waals surface area (Å²) in [6, 6.07) is 10.6. The Morgan fingerprint density at radius 2 is 2.04 bits per heavy atom. The van der Waals surface area contributed by atoms with E-state index in [1.807, 2.05) is 32.3 Å². The van der Waals surface area contributed by atoms with E-state index in [0.29, 0.717) is 19.6 Å². The van der Waals surface area contributed by atoms with Crippen LogP contribution in [0.25, 0.3) is 0 Å². The van der Waals surface area contributed by atoms with Gasteiger partial charge >= 0.3 is 0 Å². The Hall–Kier alpha value is -0.850. The van der Waals surface area contributed by atoms with E-state index in [0.717, 1.165) is 13.2 Å². The molecular formula is C16H27Cl2N3O2. The molecule has 1 aromatic carbocycles. The molecule has 1 heterocycles. The third-order valence-corrected chi connectivity index (χ3v) is 3.73. The van der Waals surface area contributed by atoms with Crippen LogP contribution >= 0.6 is 24.8 Å². The highest BCUT2D eigenvalue weighted by Crippen LogP contribution is 2.16. The fraction of sp³-hybridized carbons (Fsp3) is 0.562. The van der Waals surface area contributed by atoms with Crippen LogP contribution in [0.5, 0.6) is 0 Å². The van der Waals surface area contributed by atoms with E-state index in [2.05, 4.69) is 27.7 Å². The van der Waals surface area contributed by atoms with Gasteiger partial charge in [0.25, 0.3) is 0 Å². The first-order valence-electron chi connectivity index (χ1n) is 7.46. The molecule has 2 unspecified atom stereocenters. The van der Waals surface area contributed by atoms with Gasteiger partial charge in [-0.1, -0.05) is 30.3 Å². The van der Waals surface area contributed by atoms with Gasteiger partial charge in [0.05, 0.1) is 19.3 Å². The van der Waals surface area contributed by atoms with Gasteiger partial charge in [-0.2, -0.15) is 0 Å². The first kappa shape index (κ1) is 22.1. The van der Waals surface area contributed by atoms with Gasteiger partial charge in [0.2, 0.25) is 5.91 Å². The molecule has 2 N–H and O–H groups in total. The molecule has 0 bridgehead atoms. The lowest BCUT2D eigenvalue weighted by atomic mass is 10.1. The molecule has 132 valence electrons. The first-order chi connectivity index (χ1) is 10.2. The number of carbonyl (C=O) groups excluding carboxylic acids is 1. The van der Waals surface area contributed by atoms with Crippen molar-refractivity contribution in [3.8, 4) is 0 Å². The van der Waals surface area contributed by atoms with E-state index >= 15 is 0 Å². The lowest BCUT2D eigenvalue weighted by Gasteiger charge is -2.26. The van der Waals surface area contributed by atoms with Gasteiger partial charge in [-0.25, -0.2) is 0 Å². The van der Waals surface area contributed by atoms with Crippen molar-refractivity contribution < 1.29 is 9.53 Å². The Morgan fingerprint density at radius 1 is 1.35 bits per heavy atom. The molecule has 1 amide bonds. The zero-order valence-corrected chi connectivity index (χ0v) is 15.3. The smallest absolute Gasteiger partial charge is 0.221 e. The average molecular weight is 364 g/mol. The monoisotopic (exact) mass is 363 g/mol. The maximum absolute atomic E-state index is 12.0. The predicted octanol–water partition coefficient (Wildman–Crippen LogP) is 1.63. The van der Waals surface area contributed by atoms with Crippen LogP contribution in [0.4, 0.5) is 0 Å². The third kappa shape index (κ3) is 7.50. The molecule has 7 heteroatoms. The van der Waals surface area contributed by atoms with Crippen molar-refractivity contribution in [2.45, 2.75) is 18.5 Å². The summed E-state index contributed by atoms with van der Waals surface area (Å²) in [5.41, 5.74) is 1.21. The number of nitrogens with one attached hydrogen (secondary N) is 2. The first-order valence-corrected chi connectivity index (χ1v) is 7.46. The number of hydrogen-bond donors (Lipinski definition) is 2. The number of benzene rings is 1. The number of carbonyl (C=O) groups is 1. The van der Waals surface area contributed by atoms with Gasteiger partial charge in [0.1, 0.15) is 0 Å². The molecule has 0 aliphatic carbocycles. The highest BCUT2D eigenvalue weighted by Gasteiger charge is 2.19. The Kier molecular flexibility index (Phi) is 11.2. The second-order valence-electron chi connectivity index (χ2n) is 5.62. The number of likely N-dealkylation sites (N-methyl/N-ethyl adjacent to an activating group) is 1. The van der Waals surface area contributed by atoms with E-state index in [4.69, 9.17) is 4.74 Å². The quantitative estimate of drug-likeness (QED) is 0.806. The van der Waals surface area contributed by atoms with Crippen molar-refractivity contribution in [1.29, 1.82) is 0 Å². The van der Waals surface area contributed by atoms with E-state index < -0.39 is 0 Å². The highest BCUT2D eigenvalue weighted by molar-refractivity contribution is 5.85. The second-order valence-corrected chi connectivity index (χ2v) is 5.62. The lowest BCUT2D eigenvalue weighted by molar-refractivity contribution is -0.122. The SMILES string of the molecule is CN(C)C(CNC(=O)CC1COCCN1)c1ccccc1.Cl.Cl. The van der Waals surface area contributed by atoms with Crippen LogP contribution in [-0.2, 0) is 9.53 Å². The van der Waals surface area contributed by atoms with Crippen molar-refractivity contribution in [3.05, 3.63) is 35.9 Å². The second kappa shape index (κ2) is 11.6. The van der Waals surface area contributed by atoms with Gasteiger partial charge in [-0.05, 0) is 19.7 Å². The van der Waals surface area contributed by atoms with Crippen LogP contribution < -0.4 is 10.6 Å². The van der Waals surface area contributed by atoms with Crippen LogP contribution in [-0.4, -0.2) is 57.2 Å². The summed E-state index contributed by atoms with van der Waals surface area (Å²) >= 11 is 0. The van der Waals surface area contributed by atoms with E-state index in [1.54, 1.807) is 0 Å². The molecule has 0 aromatic heterocycles. The predicted molar refractivity (Wildman–Crippen MR) is 97.6 cm³/mol. The molecule has 0 radical (unpaired) electrons. The number of amides is 1. The summed E-state index contributed by atoms with van der Waals surface area (Å²) in [7, 11) is 4.06. The Bertz CT molecular complexity index is 440. The fourth-order valence-corrected chi connectivity index (χ4v) is 2.53. The zero-order chi connectivity index (χ0) is 15.1. The molecule has 0 spiro atoms. The Morgan fingerprint density at radius 3 is 2.61 bits per heavy atom. The summed E-state index contributed by atoms with van der Waals surface area (Å²) < 4.78 is 5.37. The van der Waals surface area contributed by atoms with Crippen molar-refractivity contribution in [2.24, 2.45) is 0 Å². The third-order valence-electron chi connectivity index (χ3n) is 3.73. The summed E-state index contributed by atoms with van der Waals surface area (Å²) in [5.74, 6) is 0.0702. The van der Waals surface area contributed by atoms with Gasteiger partial charge in [-0.15, -0.1) is 24.8 Å². The van der Waals surface area contributed by atoms with Crippen LogP contribution in [0.2, 0.25) is 0 Å². The maximum Gasteiger partial charge on any atom is 0.221 e. The molecular weight excluding hydrogens is 337 g/mol. The van der Waals surface area contributed by atoms with E-state index in [9.17, 15) is 4.79 Å². The molecule has 5 nitrogen and oxygen atoms in total. The zero-order valence-electron chi connectivity index (χ0n) is 13.7. The van der Waals surface area contributed by atoms with Crippen molar-refractivity contribution >= 4 is 30.7 Å². The molecule has 1 saturated heterocycles. The minimum atomic E-state index is 0. The summed E-state index contributed by atoms with van der Waals surface area (Å²) in [6.45, 7) is 2.78. The Labute approximate surface area is 151 Å². The molecule has 23 heavy (non-hydrogen) atoms. The van der Waals surface area contributed by atoms with Crippen LogP contribution in [0, 0.1) is 0 Å². The Balaban J connectivity index is 0.00000242. The van der Waals surface area contributed by atoms with Crippen molar-refractivity contribution in [1.82, 2.24) is 15.5 Å². The molecule has 1 aliphatic heterocycles. The largest absolute Gasteiger partial charge is 0.378 e. The van der Waals surface area contributed by atoms with Crippen molar-refractivity contribution in [2.75, 3.05) is 40.4 Å². The average Bonchev–Trinajstić information content (AvgIpc) is 2.49. The number of ether oxygens (including phenoxy) is 1. The summed E-state index contributed by atoms with van der Waals surface area (Å²) in [4.78, 5) is 14.2. The number of nitrogens with zero attached hydrogens (tertiary/aromatic N) is 1. The number of halogens is 2. The van der Waals surface area contributed by atoms with Crippen molar-refractivity contribution in [3.63, 3.8) is 0 Å². The number of hydrogen-bond acceptors (Lipinski definition) is 4. The number of rotatable bonds is 6.